The summed E-state index contributed by atoms with van der Waals surface area (Å²) in [5.41, 5.74) is 8.87. The van der Waals surface area contributed by atoms with E-state index in [1.54, 1.807) is 45.5 Å². The van der Waals surface area contributed by atoms with Crippen LogP contribution < -0.4 is 20.5 Å². The molecule has 2 aromatic rings. The molecule has 3 rings (SSSR count). The van der Waals surface area contributed by atoms with Gasteiger partial charge in [-0.3, -0.25) is 4.79 Å². The molecule has 0 bridgehead atoms. The van der Waals surface area contributed by atoms with Gasteiger partial charge >= 0.3 is 6.03 Å². The number of hydrazone groups is 1. The van der Waals surface area contributed by atoms with Gasteiger partial charge < -0.3 is 25.6 Å². The number of urea groups is 1. The van der Waals surface area contributed by atoms with Crippen molar-refractivity contribution < 1.29 is 24.2 Å². The predicted octanol–water partition coefficient (Wildman–Crippen LogP) is 3.17. The molecule has 1 unspecified atom stereocenters. The third-order valence-electron chi connectivity index (χ3n) is 5.58. The molecule has 1 heterocycles. The van der Waals surface area contributed by atoms with Gasteiger partial charge in [0.15, 0.2) is 11.5 Å². The van der Waals surface area contributed by atoms with E-state index in [2.05, 4.69) is 24.3 Å². The lowest BCUT2D eigenvalue weighted by Gasteiger charge is -2.22. The minimum atomic E-state index is -0.508. The number of nitrogens with two attached hydrogens (primary N) is 1. The first-order valence-electron chi connectivity index (χ1n) is 11.5. The second-order valence-electron chi connectivity index (χ2n) is 8.61. The fourth-order valence-corrected chi connectivity index (χ4v) is 3.60. The quantitative estimate of drug-likeness (QED) is 0.581. The molecule has 9 heteroatoms. The number of primary amides is 1. The second kappa shape index (κ2) is 12.8. The monoisotopic (exact) mass is 484 g/mol. The van der Waals surface area contributed by atoms with Crippen LogP contribution in [0.4, 0.5) is 4.79 Å². The summed E-state index contributed by atoms with van der Waals surface area (Å²) in [7, 11) is 4.72. The van der Waals surface area contributed by atoms with Crippen LogP contribution in [0.3, 0.4) is 0 Å². The number of hydrogen-bond acceptors (Lipinski definition) is 6. The number of nitrogens with zero attached hydrogens (tertiary/aromatic N) is 2. The largest absolute Gasteiger partial charge is 0.493 e. The Labute approximate surface area is 206 Å². The highest BCUT2D eigenvalue weighted by Gasteiger charge is 2.28. The zero-order valence-corrected chi connectivity index (χ0v) is 21.3. The molecule has 35 heavy (non-hydrogen) atoms. The number of benzene rings is 2. The van der Waals surface area contributed by atoms with Crippen LogP contribution in [0.2, 0.25) is 0 Å². The number of aliphatic hydroxyl groups is 1. The van der Waals surface area contributed by atoms with Crippen LogP contribution in [-0.2, 0) is 6.42 Å². The average Bonchev–Trinajstić information content (AvgIpc) is 2.98. The number of ether oxygens (including phenoxy) is 2. The van der Waals surface area contributed by atoms with Crippen molar-refractivity contribution in [3.05, 3.63) is 58.7 Å². The number of hydrogen-bond donors (Lipinski definition) is 3. The fraction of sp³-hybridized carbons (Fsp3) is 0.423. The highest BCUT2D eigenvalue weighted by Crippen LogP contribution is 2.34. The van der Waals surface area contributed by atoms with Crippen molar-refractivity contribution in [2.24, 2.45) is 16.8 Å². The highest BCUT2D eigenvalue weighted by atomic mass is 16.5. The minimum absolute atomic E-state index is 0.186. The smallest absolute Gasteiger partial charge is 0.337 e. The van der Waals surface area contributed by atoms with E-state index in [0.29, 0.717) is 41.7 Å². The summed E-state index contributed by atoms with van der Waals surface area (Å²) >= 11 is 0. The van der Waals surface area contributed by atoms with E-state index in [9.17, 15) is 9.59 Å². The molecule has 0 fully saturated rings. The Morgan fingerprint density at radius 1 is 1.17 bits per heavy atom. The van der Waals surface area contributed by atoms with Crippen LogP contribution >= 0.6 is 0 Å². The maximum absolute atomic E-state index is 12.4. The van der Waals surface area contributed by atoms with E-state index in [0.717, 1.165) is 23.1 Å². The molecule has 1 atom stereocenters. The van der Waals surface area contributed by atoms with E-state index in [4.69, 9.17) is 20.3 Å². The zero-order valence-electron chi connectivity index (χ0n) is 21.3. The van der Waals surface area contributed by atoms with Crippen LogP contribution in [0.25, 0.3) is 0 Å². The normalized spacial score (nSPS) is 14.7. The molecule has 0 aliphatic carbocycles. The number of carbonyl (C=O) groups excluding carboxylic acids is 2. The summed E-state index contributed by atoms with van der Waals surface area (Å²) in [6.07, 6.45) is 1.51. The minimum Gasteiger partial charge on any atom is -0.493 e. The standard InChI is InChI=1S/C21H24N4O4.C5H12O/c1-12-9-15-10-17(28-3)18(29-4)11-16(15)19(24-25(12)21(27)23-2)13-5-7-14(8-6-13)20(22)26;1-5(2)3-4-6/h5-8,10-12H,9H2,1-4H3,(H2,22,26)(H,23,27);5-6H,3-4H2,1-2H3. The SMILES string of the molecule is CC(C)CCO.CNC(=O)N1N=C(c2ccc(C(N)=O)cc2)c2cc(OC)c(OC)cc2CC1C. The molecule has 2 aromatic carbocycles. The van der Waals surface area contributed by atoms with Gasteiger partial charge in [-0.1, -0.05) is 26.0 Å². The summed E-state index contributed by atoms with van der Waals surface area (Å²) in [4.78, 5) is 23.9. The Bertz CT molecular complexity index is 1050. The van der Waals surface area contributed by atoms with Crippen LogP contribution in [0.15, 0.2) is 41.5 Å². The Morgan fingerprint density at radius 3 is 2.23 bits per heavy atom. The molecule has 1 aliphatic rings. The third kappa shape index (κ3) is 6.95. The van der Waals surface area contributed by atoms with E-state index in [-0.39, 0.29) is 12.1 Å². The van der Waals surface area contributed by atoms with Gasteiger partial charge in [-0.05, 0) is 55.5 Å². The first kappa shape index (κ1) is 27.7. The summed E-state index contributed by atoms with van der Waals surface area (Å²) in [5, 5.41) is 17.0. The van der Waals surface area contributed by atoms with Gasteiger partial charge in [-0.25, -0.2) is 9.80 Å². The van der Waals surface area contributed by atoms with Crippen molar-refractivity contribution in [1.82, 2.24) is 10.3 Å². The second-order valence-corrected chi connectivity index (χ2v) is 8.61. The van der Waals surface area contributed by atoms with Crippen LogP contribution in [0.1, 0.15) is 54.2 Å². The molecule has 0 saturated heterocycles. The average molecular weight is 485 g/mol. The molecule has 0 spiro atoms. The van der Waals surface area contributed by atoms with E-state index >= 15 is 0 Å². The van der Waals surface area contributed by atoms with Crippen LogP contribution in [-0.4, -0.2) is 61.7 Å². The number of carbonyl (C=O) groups is 2. The summed E-state index contributed by atoms with van der Waals surface area (Å²) in [6, 6.07) is 10.1. The molecule has 0 aromatic heterocycles. The Kier molecular flexibility index (Phi) is 10.1. The number of amides is 3. The Hall–Kier alpha value is -3.59. The zero-order chi connectivity index (χ0) is 26.1. The lowest BCUT2D eigenvalue weighted by Crippen LogP contribution is -2.41. The topological polar surface area (TPSA) is 126 Å². The van der Waals surface area contributed by atoms with Crippen LogP contribution in [0.5, 0.6) is 11.5 Å². The Morgan fingerprint density at radius 2 is 1.77 bits per heavy atom. The molecule has 9 nitrogen and oxygen atoms in total. The van der Waals surface area contributed by atoms with Gasteiger partial charge in [-0.2, -0.15) is 5.10 Å². The summed E-state index contributed by atoms with van der Waals surface area (Å²) in [5.74, 6) is 1.31. The van der Waals surface area contributed by atoms with Gasteiger partial charge in [-0.15, -0.1) is 0 Å². The Balaban J connectivity index is 0.000000641. The summed E-state index contributed by atoms with van der Waals surface area (Å²) in [6.45, 7) is 6.45. The van der Waals surface area contributed by atoms with Crippen molar-refractivity contribution in [3.8, 4) is 11.5 Å². The van der Waals surface area contributed by atoms with E-state index in [1.165, 1.54) is 5.01 Å². The van der Waals surface area contributed by atoms with Crippen molar-refractivity contribution >= 4 is 17.6 Å². The van der Waals surface area contributed by atoms with E-state index in [1.807, 2.05) is 19.1 Å². The lowest BCUT2D eigenvalue weighted by atomic mass is 9.93. The number of methoxy groups -OCH3 is 2. The molecule has 4 N–H and O–H groups in total. The number of rotatable bonds is 6. The summed E-state index contributed by atoms with van der Waals surface area (Å²) < 4.78 is 10.9. The van der Waals surface area contributed by atoms with Crippen molar-refractivity contribution in [2.75, 3.05) is 27.9 Å². The maximum atomic E-state index is 12.4. The lowest BCUT2D eigenvalue weighted by molar-refractivity contribution is 0.1000. The van der Waals surface area contributed by atoms with E-state index < -0.39 is 5.91 Å². The van der Waals surface area contributed by atoms with Gasteiger partial charge in [0.1, 0.15) is 0 Å². The predicted molar refractivity (Wildman–Crippen MR) is 136 cm³/mol. The number of aliphatic hydroxyl groups excluding tert-OH is 1. The van der Waals surface area contributed by atoms with Gasteiger partial charge in [0.05, 0.1) is 26.0 Å². The first-order chi connectivity index (χ1) is 16.7. The van der Waals surface area contributed by atoms with Crippen molar-refractivity contribution in [2.45, 2.75) is 39.7 Å². The molecular weight excluding hydrogens is 448 g/mol. The molecular formula is C26H36N4O5. The maximum Gasteiger partial charge on any atom is 0.337 e. The molecule has 0 saturated carbocycles. The van der Waals surface area contributed by atoms with Gasteiger partial charge in [0.2, 0.25) is 5.91 Å². The van der Waals surface area contributed by atoms with Crippen LogP contribution in [0, 0.1) is 5.92 Å². The molecule has 1 aliphatic heterocycles. The highest BCUT2D eigenvalue weighted by molar-refractivity contribution is 6.14. The molecule has 190 valence electrons. The van der Waals surface area contributed by atoms with Crippen molar-refractivity contribution in [1.29, 1.82) is 0 Å². The fourth-order valence-electron chi connectivity index (χ4n) is 3.60. The third-order valence-corrected chi connectivity index (χ3v) is 5.58. The first-order valence-corrected chi connectivity index (χ1v) is 11.5. The van der Waals surface area contributed by atoms with Crippen molar-refractivity contribution in [3.63, 3.8) is 0 Å². The molecule has 3 amide bonds. The van der Waals surface area contributed by atoms with Gasteiger partial charge in [0.25, 0.3) is 0 Å². The number of nitrogens with one attached hydrogen (secondary N) is 1. The molecule has 0 radical (unpaired) electrons. The number of fused-ring (bicyclic) bond motifs is 1. The van der Waals surface area contributed by atoms with Gasteiger partial charge in [0, 0.05) is 30.3 Å².